The number of hydrogen-bond donors (Lipinski definition) is 0. The standard InChI is InChI=1S/C17H17NO2/c1-19-17-10-6-5-9-15(17)16-12-14(20-18-16)11-13-7-3-2-4-8-13/h2-10,14H,11-12H2,1H3. The maximum atomic E-state index is 5.56. The lowest BCUT2D eigenvalue weighted by Crippen LogP contribution is -2.12. The lowest BCUT2D eigenvalue weighted by atomic mass is 10.00. The molecule has 1 heterocycles. The molecule has 0 spiro atoms. The summed E-state index contributed by atoms with van der Waals surface area (Å²) in [6, 6.07) is 18.3. The summed E-state index contributed by atoms with van der Waals surface area (Å²) in [4.78, 5) is 5.56. The second kappa shape index (κ2) is 5.78. The summed E-state index contributed by atoms with van der Waals surface area (Å²) in [7, 11) is 1.68. The Balaban J connectivity index is 1.70. The molecular formula is C17H17NO2. The maximum absolute atomic E-state index is 5.56. The Bertz CT molecular complexity index is 607. The number of hydrogen-bond acceptors (Lipinski definition) is 3. The van der Waals surface area contributed by atoms with E-state index in [-0.39, 0.29) is 6.10 Å². The van der Waals surface area contributed by atoms with Gasteiger partial charge >= 0.3 is 0 Å². The Labute approximate surface area is 118 Å². The third-order valence-electron chi connectivity index (χ3n) is 3.46. The second-order valence-electron chi connectivity index (χ2n) is 4.86. The van der Waals surface area contributed by atoms with Crippen LogP contribution in [0.3, 0.4) is 0 Å². The van der Waals surface area contributed by atoms with Crippen molar-refractivity contribution in [2.75, 3.05) is 7.11 Å². The first kappa shape index (κ1) is 12.7. The Kier molecular flexibility index (Phi) is 3.68. The molecule has 20 heavy (non-hydrogen) atoms. The molecule has 1 atom stereocenters. The van der Waals surface area contributed by atoms with Crippen molar-refractivity contribution in [1.82, 2.24) is 0 Å². The van der Waals surface area contributed by atoms with Crippen molar-refractivity contribution in [2.45, 2.75) is 18.9 Å². The molecule has 102 valence electrons. The van der Waals surface area contributed by atoms with Crippen LogP contribution in [0.15, 0.2) is 59.8 Å². The van der Waals surface area contributed by atoms with Crippen LogP contribution in [-0.2, 0) is 11.3 Å². The van der Waals surface area contributed by atoms with Crippen LogP contribution in [0.5, 0.6) is 5.75 Å². The van der Waals surface area contributed by atoms with Gasteiger partial charge in [-0.2, -0.15) is 0 Å². The third kappa shape index (κ3) is 2.67. The number of para-hydroxylation sites is 1. The van der Waals surface area contributed by atoms with Gasteiger partial charge in [0.15, 0.2) is 0 Å². The molecule has 0 radical (unpaired) electrons. The topological polar surface area (TPSA) is 30.8 Å². The zero-order chi connectivity index (χ0) is 13.8. The van der Waals surface area contributed by atoms with Gasteiger partial charge in [-0.1, -0.05) is 47.6 Å². The molecule has 3 heteroatoms. The van der Waals surface area contributed by atoms with E-state index in [1.807, 2.05) is 42.5 Å². The summed E-state index contributed by atoms with van der Waals surface area (Å²) >= 11 is 0. The number of oxime groups is 1. The van der Waals surface area contributed by atoms with Gasteiger partial charge in [0, 0.05) is 18.4 Å². The van der Waals surface area contributed by atoms with E-state index in [1.165, 1.54) is 5.56 Å². The molecule has 1 aliphatic rings. The first-order valence-electron chi connectivity index (χ1n) is 6.77. The van der Waals surface area contributed by atoms with E-state index in [2.05, 4.69) is 17.3 Å². The SMILES string of the molecule is COc1ccccc1C1=NOC(Cc2ccccc2)C1. The molecule has 0 amide bonds. The molecule has 3 rings (SSSR count). The van der Waals surface area contributed by atoms with E-state index in [0.29, 0.717) is 0 Å². The molecular weight excluding hydrogens is 250 g/mol. The van der Waals surface area contributed by atoms with E-state index in [0.717, 1.165) is 29.9 Å². The normalized spacial score (nSPS) is 17.4. The predicted molar refractivity (Wildman–Crippen MR) is 79.2 cm³/mol. The fourth-order valence-corrected chi connectivity index (χ4v) is 2.46. The van der Waals surface area contributed by atoms with Crippen molar-refractivity contribution in [2.24, 2.45) is 5.16 Å². The second-order valence-corrected chi connectivity index (χ2v) is 4.86. The van der Waals surface area contributed by atoms with Crippen LogP contribution in [0.1, 0.15) is 17.5 Å². The van der Waals surface area contributed by atoms with Crippen LogP contribution in [0.2, 0.25) is 0 Å². The van der Waals surface area contributed by atoms with Gasteiger partial charge in [-0.3, -0.25) is 0 Å². The van der Waals surface area contributed by atoms with Gasteiger partial charge in [0.1, 0.15) is 11.9 Å². The molecule has 0 saturated carbocycles. The van der Waals surface area contributed by atoms with Crippen molar-refractivity contribution in [3.05, 3.63) is 65.7 Å². The van der Waals surface area contributed by atoms with Gasteiger partial charge < -0.3 is 9.57 Å². The maximum Gasteiger partial charge on any atom is 0.137 e. The van der Waals surface area contributed by atoms with E-state index < -0.39 is 0 Å². The van der Waals surface area contributed by atoms with Crippen molar-refractivity contribution in [1.29, 1.82) is 0 Å². The van der Waals surface area contributed by atoms with E-state index in [4.69, 9.17) is 9.57 Å². The highest BCUT2D eigenvalue weighted by molar-refractivity contribution is 6.03. The highest BCUT2D eigenvalue weighted by atomic mass is 16.6. The fourth-order valence-electron chi connectivity index (χ4n) is 2.46. The Morgan fingerprint density at radius 3 is 2.65 bits per heavy atom. The van der Waals surface area contributed by atoms with Gasteiger partial charge in [0.05, 0.1) is 12.8 Å². The van der Waals surface area contributed by atoms with Gasteiger partial charge in [0.2, 0.25) is 0 Å². The summed E-state index contributed by atoms with van der Waals surface area (Å²) in [5.41, 5.74) is 3.25. The highest BCUT2D eigenvalue weighted by Crippen LogP contribution is 2.25. The fraction of sp³-hybridized carbons (Fsp3) is 0.235. The molecule has 0 saturated heterocycles. The lowest BCUT2D eigenvalue weighted by molar-refractivity contribution is 0.0859. The number of benzene rings is 2. The van der Waals surface area contributed by atoms with Crippen LogP contribution in [-0.4, -0.2) is 18.9 Å². The van der Waals surface area contributed by atoms with Crippen LogP contribution in [0, 0.1) is 0 Å². The first-order valence-corrected chi connectivity index (χ1v) is 6.77. The minimum absolute atomic E-state index is 0.109. The number of methoxy groups -OCH3 is 1. The van der Waals surface area contributed by atoms with Crippen molar-refractivity contribution in [3.8, 4) is 5.75 Å². The van der Waals surface area contributed by atoms with E-state index >= 15 is 0 Å². The van der Waals surface area contributed by atoms with Crippen molar-refractivity contribution >= 4 is 5.71 Å². The molecule has 0 N–H and O–H groups in total. The van der Waals surface area contributed by atoms with Gasteiger partial charge in [-0.05, 0) is 17.7 Å². The number of rotatable bonds is 4. The monoisotopic (exact) mass is 267 g/mol. The average molecular weight is 267 g/mol. The summed E-state index contributed by atoms with van der Waals surface area (Å²) in [6.07, 6.45) is 1.80. The first-order chi connectivity index (χ1) is 9.86. The Morgan fingerprint density at radius 2 is 1.85 bits per heavy atom. The molecule has 0 bridgehead atoms. The summed E-state index contributed by atoms with van der Waals surface area (Å²) in [6.45, 7) is 0. The van der Waals surface area contributed by atoms with Gasteiger partial charge in [-0.15, -0.1) is 0 Å². The van der Waals surface area contributed by atoms with Crippen LogP contribution in [0.4, 0.5) is 0 Å². The molecule has 0 fully saturated rings. The molecule has 2 aromatic rings. The Morgan fingerprint density at radius 1 is 1.10 bits per heavy atom. The minimum atomic E-state index is 0.109. The quantitative estimate of drug-likeness (QED) is 0.849. The average Bonchev–Trinajstić information content (AvgIpc) is 2.96. The van der Waals surface area contributed by atoms with Crippen molar-refractivity contribution < 1.29 is 9.57 Å². The van der Waals surface area contributed by atoms with Gasteiger partial charge in [0.25, 0.3) is 0 Å². The van der Waals surface area contributed by atoms with Gasteiger partial charge in [-0.25, -0.2) is 0 Å². The molecule has 1 unspecified atom stereocenters. The van der Waals surface area contributed by atoms with E-state index in [1.54, 1.807) is 7.11 Å². The number of nitrogens with zero attached hydrogens (tertiary/aromatic N) is 1. The summed E-state index contributed by atoms with van der Waals surface area (Å²) in [5.74, 6) is 0.843. The highest BCUT2D eigenvalue weighted by Gasteiger charge is 2.24. The largest absolute Gasteiger partial charge is 0.496 e. The summed E-state index contributed by atoms with van der Waals surface area (Å²) in [5, 5.41) is 4.23. The predicted octanol–water partition coefficient (Wildman–Crippen LogP) is 3.43. The molecule has 0 aliphatic carbocycles. The smallest absolute Gasteiger partial charge is 0.137 e. The third-order valence-corrected chi connectivity index (χ3v) is 3.46. The van der Waals surface area contributed by atoms with Crippen LogP contribution in [0.25, 0.3) is 0 Å². The van der Waals surface area contributed by atoms with E-state index in [9.17, 15) is 0 Å². The summed E-state index contributed by atoms with van der Waals surface area (Å²) < 4.78 is 5.37. The molecule has 0 aromatic heterocycles. The number of ether oxygens (including phenoxy) is 1. The van der Waals surface area contributed by atoms with Crippen molar-refractivity contribution in [3.63, 3.8) is 0 Å². The molecule has 3 nitrogen and oxygen atoms in total. The minimum Gasteiger partial charge on any atom is -0.496 e. The molecule has 1 aliphatic heterocycles. The van der Waals surface area contributed by atoms with Crippen LogP contribution >= 0.6 is 0 Å². The lowest BCUT2D eigenvalue weighted by Gasteiger charge is -2.08. The molecule has 2 aromatic carbocycles. The zero-order valence-corrected chi connectivity index (χ0v) is 11.5. The Hall–Kier alpha value is -2.29. The van der Waals surface area contributed by atoms with Crippen LogP contribution < -0.4 is 4.74 Å². The zero-order valence-electron chi connectivity index (χ0n) is 11.5.